The molecule has 5 heteroatoms. The Morgan fingerprint density at radius 1 is 1.25 bits per heavy atom. The molecule has 4 nitrogen and oxygen atoms in total. The van der Waals surface area contributed by atoms with Crippen LogP contribution in [0.2, 0.25) is 0 Å². The molecule has 4 aliphatic rings. The molecule has 112 valence electrons. The van der Waals surface area contributed by atoms with Crippen molar-refractivity contribution in [3.63, 3.8) is 0 Å². The van der Waals surface area contributed by atoms with Crippen LogP contribution in [0.5, 0.6) is 0 Å². The number of halogens is 1. The standard InChI is InChI=1S/C15H22BrNO3/c1-9(12(18)20-2)17-13(19)14-4-10-3-11(5-14)7-15(16,6-10)8-14/h9-11H,3-8H2,1-2H3,(H,17,19)/t9-,10-,11+,14?,15?/m0/s1. The van der Waals surface area contributed by atoms with Crippen LogP contribution < -0.4 is 5.32 Å². The number of nitrogens with one attached hydrogen (secondary N) is 1. The molecule has 0 spiro atoms. The second-order valence-electron chi connectivity index (χ2n) is 7.11. The predicted octanol–water partition coefficient (Wildman–Crippen LogP) is 2.40. The average Bonchev–Trinajstić information content (AvgIpc) is 2.34. The second-order valence-corrected chi connectivity index (χ2v) is 8.79. The van der Waals surface area contributed by atoms with Crippen LogP contribution >= 0.6 is 15.9 Å². The Labute approximate surface area is 128 Å². The quantitative estimate of drug-likeness (QED) is 0.632. The molecule has 4 aliphatic carbocycles. The van der Waals surface area contributed by atoms with Gasteiger partial charge in [-0.25, -0.2) is 4.79 Å². The van der Waals surface area contributed by atoms with E-state index in [-0.39, 0.29) is 21.6 Å². The van der Waals surface area contributed by atoms with Crippen LogP contribution in [0.1, 0.15) is 45.4 Å². The normalized spacial score (nSPS) is 43.1. The molecular weight excluding hydrogens is 322 g/mol. The van der Waals surface area contributed by atoms with Crippen molar-refractivity contribution in [2.45, 2.75) is 55.8 Å². The zero-order valence-electron chi connectivity index (χ0n) is 12.1. The van der Waals surface area contributed by atoms with Crippen molar-refractivity contribution in [1.82, 2.24) is 5.32 Å². The number of amides is 1. The molecule has 1 N–H and O–H groups in total. The lowest BCUT2D eigenvalue weighted by molar-refractivity contribution is -0.151. The summed E-state index contributed by atoms with van der Waals surface area (Å²) < 4.78 is 4.84. The van der Waals surface area contributed by atoms with Crippen LogP contribution in [0.4, 0.5) is 0 Å². The summed E-state index contributed by atoms with van der Waals surface area (Å²) in [6.07, 6.45) is 6.55. The van der Waals surface area contributed by atoms with Crippen LogP contribution in [0, 0.1) is 17.3 Å². The van der Waals surface area contributed by atoms with E-state index < -0.39 is 6.04 Å². The van der Waals surface area contributed by atoms with Gasteiger partial charge in [-0.15, -0.1) is 0 Å². The van der Waals surface area contributed by atoms with Gasteiger partial charge in [-0.3, -0.25) is 4.79 Å². The van der Waals surface area contributed by atoms with E-state index in [4.69, 9.17) is 0 Å². The number of ether oxygens (including phenoxy) is 1. The van der Waals surface area contributed by atoms with E-state index in [9.17, 15) is 9.59 Å². The first-order chi connectivity index (χ1) is 9.36. The van der Waals surface area contributed by atoms with Gasteiger partial charge in [-0.2, -0.15) is 0 Å². The Morgan fingerprint density at radius 2 is 1.85 bits per heavy atom. The SMILES string of the molecule is COC(=O)[C@H](C)NC(=O)C12C[C@@H]3C[C@@H](CC(Br)(C3)C1)C2. The van der Waals surface area contributed by atoms with Crippen molar-refractivity contribution in [2.75, 3.05) is 7.11 Å². The number of rotatable bonds is 3. The fourth-order valence-corrected chi connectivity index (χ4v) is 6.45. The molecule has 0 aromatic carbocycles. The first kappa shape index (κ1) is 14.4. The molecule has 0 heterocycles. The molecule has 0 saturated heterocycles. The number of methoxy groups -OCH3 is 1. The van der Waals surface area contributed by atoms with Crippen molar-refractivity contribution in [3.8, 4) is 0 Å². The molecule has 0 aromatic rings. The summed E-state index contributed by atoms with van der Waals surface area (Å²) in [5.74, 6) is 0.995. The Bertz CT molecular complexity index is 436. The Kier molecular flexibility index (Phi) is 3.39. The Morgan fingerprint density at radius 3 is 2.35 bits per heavy atom. The third kappa shape index (κ3) is 2.28. The Hall–Kier alpha value is -0.580. The largest absolute Gasteiger partial charge is 0.467 e. The molecule has 5 atom stereocenters. The molecule has 2 unspecified atom stereocenters. The summed E-state index contributed by atoms with van der Waals surface area (Å²) in [5.41, 5.74) is -0.268. The van der Waals surface area contributed by atoms with Gasteiger partial charge in [0.25, 0.3) is 0 Å². The topological polar surface area (TPSA) is 55.4 Å². The minimum atomic E-state index is -0.563. The molecule has 20 heavy (non-hydrogen) atoms. The summed E-state index contributed by atoms with van der Waals surface area (Å²) in [7, 11) is 1.35. The number of hydrogen-bond donors (Lipinski definition) is 1. The maximum atomic E-state index is 12.7. The van der Waals surface area contributed by atoms with Gasteiger partial charge in [0.1, 0.15) is 6.04 Å². The van der Waals surface area contributed by atoms with E-state index in [1.165, 1.54) is 26.4 Å². The van der Waals surface area contributed by atoms with Crippen LogP contribution in [-0.2, 0) is 14.3 Å². The van der Waals surface area contributed by atoms with E-state index in [1.54, 1.807) is 6.92 Å². The lowest BCUT2D eigenvalue weighted by Crippen LogP contribution is -2.59. The highest BCUT2D eigenvalue weighted by Crippen LogP contribution is 2.64. The zero-order chi connectivity index (χ0) is 14.5. The van der Waals surface area contributed by atoms with Gasteiger partial charge in [-0.1, -0.05) is 15.9 Å². The molecule has 0 radical (unpaired) electrons. The predicted molar refractivity (Wildman–Crippen MR) is 78.4 cm³/mol. The van der Waals surface area contributed by atoms with Crippen molar-refractivity contribution in [3.05, 3.63) is 0 Å². The number of hydrogen-bond acceptors (Lipinski definition) is 3. The summed E-state index contributed by atoms with van der Waals surface area (Å²) in [5, 5.41) is 2.87. The van der Waals surface area contributed by atoms with E-state index in [0.717, 1.165) is 19.3 Å². The zero-order valence-corrected chi connectivity index (χ0v) is 13.7. The molecule has 4 saturated carbocycles. The van der Waals surface area contributed by atoms with Gasteiger partial charge < -0.3 is 10.1 Å². The van der Waals surface area contributed by atoms with Crippen LogP contribution in [-0.4, -0.2) is 29.4 Å². The molecule has 0 aromatic heterocycles. The molecule has 4 bridgehead atoms. The van der Waals surface area contributed by atoms with Crippen molar-refractivity contribution < 1.29 is 14.3 Å². The third-order valence-corrected chi connectivity index (χ3v) is 6.30. The van der Waals surface area contributed by atoms with E-state index >= 15 is 0 Å². The van der Waals surface area contributed by atoms with Crippen LogP contribution in [0.3, 0.4) is 0 Å². The molecule has 0 aliphatic heterocycles. The minimum absolute atomic E-state index is 0.0494. The summed E-state index contributed by atoms with van der Waals surface area (Å²) in [6, 6.07) is -0.563. The van der Waals surface area contributed by atoms with Gasteiger partial charge in [0.05, 0.1) is 12.5 Å². The van der Waals surface area contributed by atoms with Crippen molar-refractivity contribution in [1.29, 1.82) is 0 Å². The molecule has 4 rings (SSSR count). The highest BCUT2D eigenvalue weighted by atomic mass is 79.9. The summed E-state index contributed by atoms with van der Waals surface area (Å²) >= 11 is 3.90. The lowest BCUT2D eigenvalue weighted by Gasteiger charge is -2.59. The van der Waals surface area contributed by atoms with Crippen LogP contribution in [0.15, 0.2) is 0 Å². The van der Waals surface area contributed by atoms with Gasteiger partial charge >= 0.3 is 5.97 Å². The fourth-order valence-electron chi connectivity index (χ4n) is 5.00. The van der Waals surface area contributed by atoms with Crippen molar-refractivity contribution in [2.24, 2.45) is 17.3 Å². The number of carbonyl (C=O) groups is 2. The second kappa shape index (κ2) is 4.72. The maximum absolute atomic E-state index is 12.7. The smallest absolute Gasteiger partial charge is 0.328 e. The third-order valence-electron chi connectivity index (χ3n) is 5.37. The molecular formula is C15H22BrNO3. The lowest BCUT2D eigenvalue weighted by atomic mass is 9.49. The minimum Gasteiger partial charge on any atom is -0.467 e. The summed E-state index contributed by atoms with van der Waals surface area (Å²) in [6.45, 7) is 1.69. The average molecular weight is 344 g/mol. The van der Waals surface area contributed by atoms with Gasteiger partial charge in [0, 0.05) is 4.32 Å². The fraction of sp³-hybridized carbons (Fsp3) is 0.867. The first-order valence-corrected chi connectivity index (χ1v) is 8.23. The molecule has 4 fully saturated rings. The Balaban J connectivity index is 1.76. The maximum Gasteiger partial charge on any atom is 0.328 e. The highest BCUT2D eigenvalue weighted by Gasteiger charge is 2.59. The van der Waals surface area contributed by atoms with Crippen LogP contribution in [0.25, 0.3) is 0 Å². The highest BCUT2D eigenvalue weighted by molar-refractivity contribution is 9.10. The van der Waals surface area contributed by atoms with E-state index in [2.05, 4.69) is 26.0 Å². The monoisotopic (exact) mass is 343 g/mol. The van der Waals surface area contributed by atoms with E-state index in [0.29, 0.717) is 11.8 Å². The van der Waals surface area contributed by atoms with Crippen molar-refractivity contribution >= 4 is 27.8 Å². The number of alkyl halides is 1. The summed E-state index contributed by atoms with van der Waals surface area (Å²) in [4.78, 5) is 24.2. The number of carbonyl (C=O) groups excluding carboxylic acids is 2. The van der Waals surface area contributed by atoms with Gasteiger partial charge in [0.15, 0.2) is 0 Å². The van der Waals surface area contributed by atoms with E-state index in [1.807, 2.05) is 0 Å². The van der Waals surface area contributed by atoms with Gasteiger partial charge in [-0.05, 0) is 57.3 Å². The first-order valence-electron chi connectivity index (χ1n) is 7.44. The van der Waals surface area contributed by atoms with Gasteiger partial charge in [0.2, 0.25) is 5.91 Å². The number of esters is 1. The molecule has 1 amide bonds.